The third kappa shape index (κ3) is 7.47. The maximum Gasteiger partial charge on any atom is 0.261 e. The molecule has 0 unspecified atom stereocenters. The molecule has 3 aromatic rings. The van der Waals surface area contributed by atoms with Crippen LogP contribution in [0.3, 0.4) is 0 Å². The van der Waals surface area contributed by atoms with Crippen LogP contribution >= 0.6 is 0 Å². The molecule has 1 heterocycles. The number of carbonyl (C=O) groups is 2. The molecule has 1 aliphatic heterocycles. The minimum absolute atomic E-state index is 0.149. The number of hydrogen-bond donors (Lipinski definition) is 1. The van der Waals surface area contributed by atoms with Crippen molar-refractivity contribution in [3.8, 4) is 5.75 Å². The fraction of sp³-hybridized carbons (Fsp3) is 0.333. The number of sulfonamides is 1. The lowest BCUT2D eigenvalue weighted by Gasteiger charge is -2.31. The van der Waals surface area contributed by atoms with Gasteiger partial charge in [-0.3, -0.25) is 9.59 Å². The van der Waals surface area contributed by atoms with E-state index in [1.807, 2.05) is 67.6 Å². The van der Waals surface area contributed by atoms with Gasteiger partial charge in [0.05, 0.1) is 18.1 Å². The Morgan fingerprint density at radius 3 is 2.20 bits per heavy atom. The molecular formula is C30H35N3O6S. The van der Waals surface area contributed by atoms with Gasteiger partial charge < -0.3 is 19.7 Å². The molecule has 1 N–H and O–H groups in total. The van der Waals surface area contributed by atoms with Crippen molar-refractivity contribution < 1.29 is 27.5 Å². The molecular weight excluding hydrogens is 530 g/mol. The molecule has 1 fully saturated rings. The average Bonchev–Trinajstić information content (AvgIpc) is 3.00. The first kappa shape index (κ1) is 29.3. The molecule has 212 valence electrons. The largest absolute Gasteiger partial charge is 0.484 e. The summed E-state index contributed by atoms with van der Waals surface area (Å²) < 4.78 is 38.3. The first-order chi connectivity index (χ1) is 19.4. The molecule has 1 aliphatic rings. The van der Waals surface area contributed by atoms with E-state index in [0.717, 1.165) is 12.0 Å². The topological polar surface area (TPSA) is 105 Å². The molecule has 0 bridgehead atoms. The number of benzene rings is 3. The van der Waals surface area contributed by atoms with Crippen LogP contribution in [-0.2, 0) is 30.9 Å². The number of rotatable bonds is 12. The lowest BCUT2D eigenvalue weighted by Crippen LogP contribution is -2.45. The zero-order valence-corrected chi connectivity index (χ0v) is 23.4. The molecule has 1 saturated heterocycles. The molecule has 0 aromatic heterocycles. The molecule has 0 aliphatic carbocycles. The lowest BCUT2D eigenvalue weighted by atomic mass is 10.0. The Morgan fingerprint density at radius 1 is 0.950 bits per heavy atom. The Hall–Kier alpha value is -3.73. The Morgan fingerprint density at radius 2 is 1.57 bits per heavy atom. The average molecular weight is 566 g/mol. The summed E-state index contributed by atoms with van der Waals surface area (Å²) in [6.45, 7) is 3.68. The third-order valence-corrected chi connectivity index (χ3v) is 8.45. The van der Waals surface area contributed by atoms with Crippen LogP contribution < -0.4 is 10.1 Å². The van der Waals surface area contributed by atoms with E-state index in [4.69, 9.17) is 9.47 Å². The van der Waals surface area contributed by atoms with Gasteiger partial charge in [0.2, 0.25) is 15.9 Å². The van der Waals surface area contributed by atoms with Crippen LogP contribution in [0.5, 0.6) is 5.75 Å². The number of nitrogens with one attached hydrogen (secondary N) is 1. The van der Waals surface area contributed by atoms with E-state index in [-0.39, 0.29) is 29.9 Å². The van der Waals surface area contributed by atoms with Crippen molar-refractivity contribution in [1.29, 1.82) is 0 Å². The number of ether oxygens (including phenoxy) is 2. The van der Waals surface area contributed by atoms with E-state index in [0.29, 0.717) is 44.2 Å². The van der Waals surface area contributed by atoms with Gasteiger partial charge in [-0.15, -0.1) is 0 Å². The smallest absolute Gasteiger partial charge is 0.261 e. The highest BCUT2D eigenvalue weighted by Crippen LogP contribution is 2.25. The van der Waals surface area contributed by atoms with E-state index >= 15 is 0 Å². The zero-order chi connectivity index (χ0) is 28.4. The van der Waals surface area contributed by atoms with Gasteiger partial charge in [0.1, 0.15) is 11.8 Å². The van der Waals surface area contributed by atoms with Gasteiger partial charge >= 0.3 is 0 Å². The van der Waals surface area contributed by atoms with E-state index in [9.17, 15) is 18.0 Å². The van der Waals surface area contributed by atoms with E-state index in [1.165, 1.54) is 33.5 Å². The first-order valence-corrected chi connectivity index (χ1v) is 14.8. The van der Waals surface area contributed by atoms with Crippen LogP contribution in [0.4, 0.5) is 0 Å². The van der Waals surface area contributed by atoms with Crippen molar-refractivity contribution in [2.75, 3.05) is 39.5 Å². The molecule has 0 saturated carbocycles. The summed E-state index contributed by atoms with van der Waals surface area (Å²) in [5, 5.41) is 2.93. The molecule has 2 amide bonds. The summed E-state index contributed by atoms with van der Waals surface area (Å²) in [5.74, 6) is -0.301. The molecule has 1 atom stereocenters. The Kier molecular flexibility index (Phi) is 10.3. The van der Waals surface area contributed by atoms with Crippen molar-refractivity contribution >= 4 is 21.8 Å². The van der Waals surface area contributed by atoms with E-state index < -0.39 is 16.1 Å². The zero-order valence-electron chi connectivity index (χ0n) is 22.6. The molecule has 10 heteroatoms. The first-order valence-electron chi connectivity index (χ1n) is 13.4. The van der Waals surface area contributed by atoms with E-state index in [1.54, 1.807) is 0 Å². The minimum atomic E-state index is -3.64. The second-order valence-electron chi connectivity index (χ2n) is 9.39. The van der Waals surface area contributed by atoms with Crippen molar-refractivity contribution in [2.45, 2.75) is 30.8 Å². The van der Waals surface area contributed by atoms with Gasteiger partial charge in [0.15, 0.2) is 6.61 Å². The summed E-state index contributed by atoms with van der Waals surface area (Å²) in [7, 11) is -3.64. The summed E-state index contributed by atoms with van der Waals surface area (Å²) >= 11 is 0. The summed E-state index contributed by atoms with van der Waals surface area (Å²) in [5.41, 5.74) is 1.57. The van der Waals surface area contributed by atoms with Crippen molar-refractivity contribution in [1.82, 2.24) is 14.5 Å². The van der Waals surface area contributed by atoms with Crippen molar-refractivity contribution in [3.63, 3.8) is 0 Å². The fourth-order valence-electron chi connectivity index (χ4n) is 4.43. The van der Waals surface area contributed by atoms with Crippen molar-refractivity contribution in [2.24, 2.45) is 0 Å². The number of morpholine rings is 1. The summed E-state index contributed by atoms with van der Waals surface area (Å²) in [4.78, 5) is 28.7. The van der Waals surface area contributed by atoms with Gasteiger partial charge in [-0.2, -0.15) is 4.31 Å². The van der Waals surface area contributed by atoms with Gasteiger partial charge in [-0.1, -0.05) is 67.6 Å². The SMILES string of the molecule is CCCNC(=O)[C@@H](c1ccccc1)N(Cc1ccccc1)C(=O)COc1ccc(S(=O)(=O)N2CCOCC2)cc1. The Balaban J connectivity index is 1.53. The van der Waals surface area contributed by atoms with Gasteiger partial charge in [-0.05, 0) is 41.8 Å². The second kappa shape index (κ2) is 14.1. The lowest BCUT2D eigenvalue weighted by molar-refractivity contribution is -0.143. The number of hydrogen-bond acceptors (Lipinski definition) is 6. The number of amides is 2. The fourth-order valence-corrected chi connectivity index (χ4v) is 5.84. The second-order valence-corrected chi connectivity index (χ2v) is 11.3. The maximum atomic E-state index is 13.7. The highest BCUT2D eigenvalue weighted by molar-refractivity contribution is 7.89. The highest BCUT2D eigenvalue weighted by atomic mass is 32.2. The monoisotopic (exact) mass is 565 g/mol. The van der Waals surface area contributed by atoms with Crippen molar-refractivity contribution in [3.05, 3.63) is 96.1 Å². The quantitative estimate of drug-likeness (QED) is 0.361. The Labute approximate surface area is 235 Å². The number of carbonyl (C=O) groups excluding carboxylic acids is 2. The van der Waals surface area contributed by atoms with Crippen LogP contribution in [0, 0.1) is 0 Å². The molecule has 0 spiro atoms. The molecule has 3 aromatic carbocycles. The normalized spacial score (nSPS) is 14.7. The number of nitrogens with zero attached hydrogens (tertiary/aromatic N) is 2. The van der Waals surface area contributed by atoms with E-state index in [2.05, 4.69) is 5.32 Å². The predicted molar refractivity (Wildman–Crippen MR) is 151 cm³/mol. The molecule has 0 radical (unpaired) electrons. The van der Waals surface area contributed by atoms with Crippen LogP contribution in [0.15, 0.2) is 89.8 Å². The predicted octanol–water partition coefficient (Wildman–Crippen LogP) is 3.38. The van der Waals surface area contributed by atoms with Crippen LogP contribution in [0.1, 0.15) is 30.5 Å². The van der Waals surface area contributed by atoms with Gasteiger partial charge in [0.25, 0.3) is 5.91 Å². The van der Waals surface area contributed by atoms with Crippen LogP contribution in [0.25, 0.3) is 0 Å². The standard InChI is InChI=1S/C30H35N3O6S/c1-2-17-31-30(35)29(25-11-7-4-8-12-25)33(22-24-9-5-3-6-10-24)28(34)23-39-26-13-15-27(16-14-26)40(36,37)32-18-20-38-21-19-32/h3-16,29H,2,17-23H2,1H3,(H,31,35)/t29-/m1/s1. The van der Waals surface area contributed by atoms with Gasteiger partial charge in [-0.25, -0.2) is 8.42 Å². The van der Waals surface area contributed by atoms with Crippen LogP contribution in [-0.4, -0.2) is 68.9 Å². The Bertz CT molecular complexity index is 1350. The van der Waals surface area contributed by atoms with Crippen LogP contribution in [0.2, 0.25) is 0 Å². The molecule has 40 heavy (non-hydrogen) atoms. The maximum absolute atomic E-state index is 13.7. The summed E-state index contributed by atoms with van der Waals surface area (Å²) in [6, 6.07) is 23.8. The highest BCUT2D eigenvalue weighted by Gasteiger charge is 2.32. The molecule has 4 rings (SSSR count). The molecule has 9 nitrogen and oxygen atoms in total. The minimum Gasteiger partial charge on any atom is -0.484 e. The van der Waals surface area contributed by atoms with Gasteiger partial charge in [0, 0.05) is 26.2 Å². The summed E-state index contributed by atoms with van der Waals surface area (Å²) in [6.07, 6.45) is 0.764. The third-order valence-electron chi connectivity index (χ3n) is 6.53.